The average molecular weight is 457 g/mol. The van der Waals surface area contributed by atoms with Crippen LogP contribution in [0.15, 0.2) is 77.9 Å². The van der Waals surface area contributed by atoms with Crippen LogP contribution in [0.25, 0.3) is 10.9 Å². The van der Waals surface area contributed by atoms with Crippen LogP contribution in [0.3, 0.4) is 0 Å². The highest BCUT2D eigenvalue weighted by atomic mass is 16.5. The van der Waals surface area contributed by atoms with E-state index in [1.165, 1.54) is 18.3 Å². The highest BCUT2D eigenvalue weighted by Crippen LogP contribution is 2.41. The third-order valence-electron chi connectivity index (χ3n) is 6.41. The second-order valence-corrected chi connectivity index (χ2v) is 9.08. The van der Waals surface area contributed by atoms with E-state index >= 15 is 0 Å². The molecule has 176 valence electrons. The van der Waals surface area contributed by atoms with Crippen LogP contribution in [0.4, 0.5) is 5.82 Å². The van der Waals surface area contributed by atoms with Crippen LogP contribution in [-0.2, 0) is 22.5 Å². The molecule has 0 saturated heterocycles. The Labute approximate surface area is 201 Å². The van der Waals surface area contributed by atoms with E-state index in [2.05, 4.69) is 49.6 Å². The van der Waals surface area contributed by atoms with E-state index in [4.69, 9.17) is 4.74 Å². The zero-order chi connectivity index (χ0) is 24.2. The third kappa shape index (κ3) is 4.56. The number of amides is 1. The summed E-state index contributed by atoms with van der Waals surface area (Å²) < 4.78 is 7.27. The standard InChI is InChI=1S/C29H32N2O3/c1-20(2)11-10-12-21(3)17-18-30-25-16-9-8-15-23(25)24-19-26(29(33)34-4)31(27(24)30)28(32)22-13-6-5-7-14-22/h5-9,11,13-17,26H,10,12,18-19H2,1-4H3/b21-17+/t26-/m0/s1. The molecule has 1 aromatic heterocycles. The molecule has 5 nitrogen and oxygen atoms in total. The van der Waals surface area contributed by atoms with Gasteiger partial charge in [-0.05, 0) is 51.8 Å². The maximum Gasteiger partial charge on any atom is 0.329 e. The van der Waals surface area contributed by atoms with Crippen LogP contribution in [0.5, 0.6) is 0 Å². The molecule has 0 aliphatic carbocycles. The Hall–Kier alpha value is -3.60. The van der Waals surface area contributed by atoms with Gasteiger partial charge in [0, 0.05) is 29.5 Å². The molecule has 0 unspecified atom stereocenters. The number of fused-ring (bicyclic) bond motifs is 3. The summed E-state index contributed by atoms with van der Waals surface area (Å²) in [5.41, 5.74) is 5.26. The number of carbonyl (C=O) groups excluding carboxylic acids is 2. The van der Waals surface area contributed by atoms with Gasteiger partial charge in [-0.3, -0.25) is 9.69 Å². The van der Waals surface area contributed by atoms with Gasteiger partial charge in [-0.25, -0.2) is 4.79 Å². The summed E-state index contributed by atoms with van der Waals surface area (Å²) in [6.07, 6.45) is 6.92. The number of esters is 1. The summed E-state index contributed by atoms with van der Waals surface area (Å²) in [5, 5.41) is 1.07. The van der Waals surface area contributed by atoms with Gasteiger partial charge in [0.1, 0.15) is 11.9 Å². The molecule has 2 aromatic carbocycles. The highest BCUT2D eigenvalue weighted by molar-refractivity contribution is 6.12. The number of methoxy groups -OCH3 is 1. The molecule has 0 N–H and O–H groups in total. The van der Waals surface area contributed by atoms with Gasteiger partial charge in [-0.2, -0.15) is 0 Å². The highest BCUT2D eigenvalue weighted by Gasteiger charge is 2.43. The fraction of sp³-hybridized carbons (Fsp3) is 0.310. The molecular formula is C29H32N2O3. The van der Waals surface area contributed by atoms with Gasteiger partial charge in [-0.1, -0.05) is 59.7 Å². The molecule has 0 spiro atoms. The van der Waals surface area contributed by atoms with Crippen LogP contribution >= 0.6 is 0 Å². The first-order chi connectivity index (χ1) is 16.4. The number of para-hydroxylation sites is 1. The van der Waals surface area contributed by atoms with Gasteiger partial charge in [-0.15, -0.1) is 0 Å². The maximum absolute atomic E-state index is 13.7. The first kappa shape index (κ1) is 23.6. The number of carbonyl (C=O) groups is 2. The topological polar surface area (TPSA) is 51.5 Å². The van der Waals surface area contributed by atoms with Crippen molar-refractivity contribution < 1.29 is 14.3 Å². The quantitative estimate of drug-likeness (QED) is 0.320. The van der Waals surface area contributed by atoms with Crippen LogP contribution in [-0.4, -0.2) is 29.6 Å². The van der Waals surface area contributed by atoms with Crippen molar-refractivity contribution >= 4 is 28.6 Å². The van der Waals surface area contributed by atoms with Gasteiger partial charge >= 0.3 is 5.97 Å². The number of nitrogens with zero attached hydrogens (tertiary/aromatic N) is 2. The van der Waals surface area contributed by atoms with Crippen LogP contribution < -0.4 is 4.90 Å². The van der Waals surface area contributed by atoms with Crippen molar-refractivity contribution in [2.45, 2.75) is 52.6 Å². The van der Waals surface area contributed by atoms with Crippen LogP contribution in [0.2, 0.25) is 0 Å². The Morgan fingerprint density at radius 3 is 2.41 bits per heavy atom. The molecule has 0 bridgehead atoms. The van der Waals surface area contributed by atoms with Crippen molar-refractivity contribution in [3.8, 4) is 0 Å². The molecule has 1 amide bonds. The third-order valence-corrected chi connectivity index (χ3v) is 6.41. The molecule has 0 fully saturated rings. The molecular weight excluding hydrogens is 424 g/mol. The lowest BCUT2D eigenvalue weighted by Crippen LogP contribution is -2.44. The minimum Gasteiger partial charge on any atom is -0.467 e. The van der Waals surface area contributed by atoms with Gasteiger partial charge in [0.25, 0.3) is 5.91 Å². The summed E-state index contributed by atoms with van der Waals surface area (Å²) in [6.45, 7) is 7.01. The summed E-state index contributed by atoms with van der Waals surface area (Å²) in [7, 11) is 1.38. The van der Waals surface area contributed by atoms with E-state index in [-0.39, 0.29) is 5.91 Å². The number of rotatable bonds is 7. The number of hydrogen-bond acceptors (Lipinski definition) is 3. The molecule has 2 heterocycles. The lowest BCUT2D eigenvalue weighted by Gasteiger charge is -2.25. The Bertz CT molecular complexity index is 1260. The zero-order valence-corrected chi connectivity index (χ0v) is 20.4. The predicted molar refractivity (Wildman–Crippen MR) is 137 cm³/mol. The average Bonchev–Trinajstić information content (AvgIpc) is 3.37. The van der Waals surface area contributed by atoms with Crippen LogP contribution in [0, 0.1) is 0 Å². The second kappa shape index (κ2) is 10.1. The molecule has 1 aliphatic rings. The molecule has 4 rings (SSSR count). The largest absolute Gasteiger partial charge is 0.467 e. The maximum atomic E-state index is 13.7. The minimum atomic E-state index is -0.679. The fourth-order valence-corrected chi connectivity index (χ4v) is 4.68. The van der Waals surface area contributed by atoms with Crippen LogP contribution in [0.1, 0.15) is 49.5 Å². The number of ether oxygens (including phenoxy) is 1. The van der Waals surface area contributed by atoms with Gasteiger partial charge in [0.15, 0.2) is 0 Å². The van der Waals surface area contributed by atoms with Crippen molar-refractivity contribution in [3.05, 3.63) is 89.0 Å². The monoisotopic (exact) mass is 456 g/mol. The lowest BCUT2D eigenvalue weighted by atomic mass is 10.1. The number of anilines is 1. The van der Waals surface area contributed by atoms with Crippen molar-refractivity contribution in [2.75, 3.05) is 12.0 Å². The minimum absolute atomic E-state index is 0.192. The molecule has 5 heteroatoms. The molecule has 1 aliphatic heterocycles. The summed E-state index contributed by atoms with van der Waals surface area (Å²) >= 11 is 0. The molecule has 34 heavy (non-hydrogen) atoms. The fourth-order valence-electron chi connectivity index (χ4n) is 4.68. The van der Waals surface area contributed by atoms with E-state index in [1.54, 1.807) is 17.0 Å². The van der Waals surface area contributed by atoms with E-state index in [9.17, 15) is 9.59 Å². The summed E-state index contributed by atoms with van der Waals surface area (Å²) in [4.78, 5) is 28.1. The zero-order valence-electron chi connectivity index (χ0n) is 20.4. The predicted octanol–water partition coefficient (Wildman–Crippen LogP) is 6.08. The SMILES string of the molecule is COC(=O)[C@@H]1Cc2c(n(C/C=C(\C)CCC=C(C)C)c3ccccc23)N1C(=O)c1ccccc1. The van der Waals surface area contributed by atoms with Crippen molar-refractivity contribution in [1.29, 1.82) is 0 Å². The number of allylic oxidation sites excluding steroid dienone is 4. The van der Waals surface area contributed by atoms with E-state index in [1.807, 2.05) is 30.3 Å². The molecule has 3 aromatic rings. The normalized spacial score (nSPS) is 15.4. The molecule has 0 saturated carbocycles. The Balaban J connectivity index is 1.79. The molecule has 0 radical (unpaired) electrons. The van der Waals surface area contributed by atoms with E-state index in [0.717, 1.165) is 35.1 Å². The number of hydrogen-bond donors (Lipinski definition) is 0. The van der Waals surface area contributed by atoms with Gasteiger partial charge in [0.05, 0.1) is 12.6 Å². The van der Waals surface area contributed by atoms with E-state index in [0.29, 0.717) is 18.5 Å². The Morgan fingerprint density at radius 2 is 1.71 bits per heavy atom. The first-order valence-corrected chi connectivity index (χ1v) is 11.8. The number of benzene rings is 2. The summed E-state index contributed by atoms with van der Waals surface area (Å²) in [6, 6.07) is 16.6. The number of aromatic nitrogens is 1. The Morgan fingerprint density at radius 1 is 1.00 bits per heavy atom. The van der Waals surface area contributed by atoms with Crippen molar-refractivity contribution in [3.63, 3.8) is 0 Å². The lowest BCUT2D eigenvalue weighted by molar-refractivity contribution is -0.141. The Kier molecular flexibility index (Phi) is 7.01. The van der Waals surface area contributed by atoms with E-state index < -0.39 is 12.0 Å². The van der Waals surface area contributed by atoms with Crippen molar-refractivity contribution in [1.82, 2.24) is 4.57 Å². The summed E-state index contributed by atoms with van der Waals surface area (Å²) in [5.74, 6) is 0.200. The first-order valence-electron chi connectivity index (χ1n) is 11.8. The van der Waals surface area contributed by atoms with Gasteiger partial charge in [0.2, 0.25) is 0 Å². The molecule has 1 atom stereocenters. The van der Waals surface area contributed by atoms with Crippen molar-refractivity contribution in [2.24, 2.45) is 0 Å². The smallest absolute Gasteiger partial charge is 0.329 e. The van der Waals surface area contributed by atoms with Gasteiger partial charge < -0.3 is 9.30 Å². The second-order valence-electron chi connectivity index (χ2n) is 9.08.